The van der Waals surface area contributed by atoms with Gasteiger partial charge in [0.2, 0.25) is 5.91 Å². The molecule has 0 bridgehead atoms. The minimum atomic E-state index is -0.108. The summed E-state index contributed by atoms with van der Waals surface area (Å²) in [5.41, 5.74) is 8.65. The molecule has 3 aromatic rings. The maximum absolute atomic E-state index is 12.0. The molecule has 2 aromatic heterocycles. The summed E-state index contributed by atoms with van der Waals surface area (Å²) in [6.45, 7) is 0. The average molecular weight is 372 g/mol. The van der Waals surface area contributed by atoms with Crippen molar-refractivity contribution in [1.29, 1.82) is 0 Å². The van der Waals surface area contributed by atoms with Gasteiger partial charge in [-0.15, -0.1) is 36.2 Å². The highest BCUT2D eigenvalue weighted by atomic mass is 35.5. The van der Waals surface area contributed by atoms with E-state index >= 15 is 0 Å². The molecule has 0 spiro atoms. The molecule has 8 heteroatoms. The summed E-state index contributed by atoms with van der Waals surface area (Å²) < 4.78 is 5.03. The Bertz CT molecular complexity index is 742. The van der Waals surface area contributed by atoms with Crippen LogP contribution in [0.2, 0.25) is 0 Å². The molecular weight excluding hydrogens is 357 g/mol. The third-order valence-electron chi connectivity index (χ3n) is 2.86. The van der Waals surface area contributed by atoms with Crippen LogP contribution in [0.1, 0.15) is 5.69 Å². The predicted molar refractivity (Wildman–Crippen MR) is 97.5 cm³/mol. The lowest BCUT2D eigenvalue weighted by Crippen LogP contribution is -2.14. The number of amides is 1. The van der Waals surface area contributed by atoms with Crippen LogP contribution in [0.4, 0.5) is 11.4 Å². The zero-order valence-electron chi connectivity index (χ0n) is 11.9. The van der Waals surface area contributed by atoms with Crippen molar-refractivity contribution in [3.05, 3.63) is 53.9 Å². The molecule has 122 valence electrons. The first-order chi connectivity index (χ1) is 10.2. The van der Waals surface area contributed by atoms with Gasteiger partial charge < -0.3 is 15.5 Å². The lowest BCUT2D eigenvalue weighted by molar-refractivity contribution is -0.115. The number of anilines is 2. The first kappa shape index (κ1) is 19.0. The Morgan fingerprint density at radius 1 is 1.22 bits per heavy atom. The standard InChI is InChI=1S/C15H13N3O2S.2ClH/c16-11-1-3-12(4-2-11)17-14(19)7-13-9-21-15(18-13)10-5-6-20-8-10;;/h1-6,8-9H,7,16H2,(H,17,19);2*1H. The number of hydrogen-bond donors (Lipinski definition) is 2. The summed E-state index contributed by atoms with van der Waals surface area (Å²) in [6.07, 6.45) is 3.47. The smallest absolute Gasteiger partial charge is 0.230 e. The molecule has 5 nitrogen and oxygen atoms in total. The zero-order chi connectivity index (χ0) is 14.7. The largest absolute Gasteiger partial charge is 0.472 e. The number of carbonyl (C=O) groups is 1. The maximum Gasteiger partial charge on any atom is 0.230 e. The number of nitrogens with zero attached hydrogens (tertiary/aromatic N) is 1. The predicted octanol–water partition coefficient (Wildman–Crippen LogP) is 4.01. The highest BCUT2D eigenvalue weighted by Crippen LogP contribution is 2.24. The number of hydrogen-bond acceptors (Lipinski definition) is 5. The number of carbonyl (C=O) groups excluding carboxylic acids is 1. The van der Waals surface area contributed by atoms with Gasteiger partial charge >= 0.3 is 0 Å². The Morgan fingerprint density at radius 2 is 1.96 bits per heavy atom. The van der Waals surface area contributed by atoms with Crippen molar-refractivity contribution in [3.63, 3.8) is 0 Å². The summed E-state index contributed by atoms with van der Waals surface area (Å²) in [5.74, 6) is -0.108. The van der Waals surface area contributed by atoms with Gasteiger partial charge in [0, 0.05) is 22.3 Å². The molecule has 0 unspecified atom stereocenters. The van der Waals surface area contributed by atoms with Gasteiger partial charge in [0.1, 0.15) is 11.3 Å². The summed E-state index contributed by atoms with van der Waals surface area (Å²) in [4.78, 5) is 16.4. The van der Waals surface area contributed by atoms with Gasteiger partial charge in [-0.25, -0.2) is 4.98 Å². The number of furan rings is 1. The Balaban J connectivity index is 0.00000132. The molecule has 0 saturated heterocycles. The van der Waals surface area contributed by atoms with Gasteiger partial charge in [0.05, 0.1) is 18.4 Å². The molecule has 23 heavy (non-hydrogen) atoms. The third kappa shape index (κ3) is 4.99. The second-order valence-electron chi connectivity index (χ2n) is 4.50. The molecule has 3 N–H and O–H groups in total. The number of nitrogens with two attached hydrogens (primary N) is 1. The fourth-order valence-electron chi connectivity index (χ4n) is 1.84. The van der Waals surface area contributed by atoms with Crippen molar-refractivity contribution < 1.29 is 9.21 Å². The Hall–Kier alpha value is -2.02. The van der Waals surface area contributed by atoms with E-state index in [4.69, 9.17) is 10.2 Å². The average Bonchev–Trinajstić information content (AvgIpc) is 3.12. The Morgan fingerprint density at radius 3 is 2.61 bits per heavy atom. The lowest BCUT2D eigenvalue weighted by Gasteiger charge is -2.04. The van der Waals surface area contributed by atoms with Gasteiger partial charge in [-0.2, -0.15) is 0 Å². The second-order valence-corrected chi connectivity index (χ2v) is 5.36. The normalized spacial score (nSPS) is 9.57. The van der Waals surface area contributed by atoms with Crippen molar-refractivity contribution >= 4 is 53.4 Å². The molecule has 1 amide bonds. The number of benzene rings is 1. The van der Waals surface area contributed by atoms with Crippen LogP contribution in [0.25, 0.3) is 10.6 Å². The number of halogens is 2. The van der Waals surface area contributed by atoms with Crippen LogP contribution in [-0.2, 0) is 11.2 Å². The number of nitrogen functional groups attached to an aromatic ring is 1. The van der Waals surface area contributed by atoms with Crippen LogP contribution in [0.3, 0.4) is 0 Å². The molecule has 0 radical (unpaired) electrons. The molecule has 0 aliphatic carbocycles. The van der Waals surface area contributed by atoms with Gasteiger partial charge in [-0.05, 0) is 30.3 Å². The summed E-state index contributed by atoms with van der Waals surface area (Å²) in [5, 5.41) is 5.54. The SMILES string of the molecule is Cl.Cl.Nc1ccc(NC(=O)Cc2csc(-c3ccoc3)n2)cc1. The number of thiazole rings is 1. The minimum absolute atomic E-state index is 0. The van der Waals surface area contributed by atoms with Gasteiger partial charge in [-0.3, -0.25) is 4.79 Å². The van der Waals surface area contributed by atoms with Crippen LogP contribution >= 0.6 is 36.2 Å². The van der Waals surface area contributed by atoms with Crippen molar-refractivity contribution in [1.82, 2.24) is 4.98 Å². The van der Waals surface area contributed by atoms with Crippen LogP contribution in [0, 0.1) is 0 Å². The molecule has 1 aromatic carbocycles. The van der Waals surface area contributed by atoms with Crippen molar-refractivity contribution in [2.75, 3.05) is 11.1 Å². The van der Waals surface area contributed by atoms with E-state index in [0.29, 0.717) is 5.69 Å². The highest BCUT2D eigenvalue weighted by molar-refractivity contribution is 7.13. The molecule has 0 aliphatic rings. The lowest BCUT2D eigenvalue weighted by atomic mass is 10.2. The number of nitrogens with one attached hydrogen (secondary N) is 1. The van der Waals surface area contributed by atoms with Crippen LogP contribution < -0.4 is 11.1 Å². The van der Waals surface area contributed by atoms with E-state index in [1.165, 1.54) is 11.3 Å². The molecule has 0 atom stereocenters. The molecule has 0 fully saturated rings. The topological polar surface area (TPSA) is 81.1 Å². The van der Waals surface area contributed by atoms with E-state index in [9.17, 15) is 4.79 Å². The molecule has 3 rings (SSSR count). The van der Waals surface area contributed by atoms with Crippen molar-refractivity contribution in [2.24, 2.45) is 0 Å². The van der Waals surface area contributed by atoms with Crippen LogP contribution in [-0.4, -0.2) is 10.9 Å². The number of rotatable bonds is 4. The van der Waals surface area contributed by atoms with Gasteiger partial charge in [-0.1, -0.05) is 0 Å². The summed E-state index contributed by atoms with van der Waals surface area (Å²) in [6, 6.07) is 8.87. The van der Waals surface area contributed by atoms with E-state index < -0.39 is 0 Å². The van der Waals surface area contributed by atoms with Gasteiger partial charge in [0.25, 0.3) is 0 Å². The highest BCUT2D eigenvalue weighted by Gasteiger charge is 2.10. The second kappa shape index (κ2) is 8.57. The fourth-order valence-corrected chi connectivity index (χ4v) is 2.65. The van der Waals surface area contributed by atoms with E-state index in [2.05, 4.69) is 10.3 Å². The van der Waals surface area contributed by atoms with E-state index in [1.54, 1.807) is 36.8 Å². The van der Waals surface area contributed by atoms with E-state index in [0.717, 1.165) is 22.0 Å². The molecule has 0 aliphatic heterocycles. The Kier molecular flexibility index (Phi) is 7.09. The molecule has 2 heterocycles. The zero-order valence-corrected chi connectivity index (χ0v) is 14.3. The maximum atomic E-state index is 12.0. The van der Waals surface area contributed by atoms with Crippen molar-refractivity contribution in [3.8, 4) is 10.6 Å². The first-order valence-electron chi connectivity index (χ1n) is 6.33. The summed E-state index contributed by atoms with van der Waals surface area (Å²) >= 11 is 1.49. The van der Waals surface area contributed by atoms with Crippen molar-refractivity contribution in [2.45, 2.75) is 6.42 Å². The summed E-state index contributed by atoms with van der Waals surface area (Å²) in [7, 11) is 0. The minimum Gasteiger partial charge on any atom is -0.472 e. The van der Waals surface area contributed by atoms with Crippen LogP contribution in [0.15, 0.2) is 52.7 Å². The monoisotopic (exact) mass is 371 g/mol. The number of aromatic nitrogens is 1. The van der Waals surface area contributed by atoms with Crippen LogP contribution in [0.5, 0.6) is 0 Å². The first-order valence-corrected chi connectivity index (χ1v) is 7.21. The molecule has 0 saturated carbocycles. The molecular formula is C15H15Cl2N3O2S. The van der Waals surface area contributed by atoms with Gasteiger partial charge in [0.15, 0.2) is 0 Å². The quantitative estimate of drug-likeness (QED) is 0.678. The van der Waals surface area contributed by atoms with E-state index in [1.807, 2.05) is 11.4 Å². The third-order valence-corrected chi connectivity index (χ3v) is 3.80. The Labute approximate surface area is 149 Å². The fraction of sp³-hybridized carbons (Fsp3) is 0.0667. The van der Waals surface area contributed by atoms with E-state index in [-0.39, 0.29) is 37.1 Å².